The van der Waals surface area contributed by atoms with Gasteiger partial charge in [-0.1, -0.05) is 11.6 Å². The molecule has 1 saturated heterocycles. The highest BCUT2D eigenvalue weighted by molar-refractivity contribution is 7.85. The van der Waals surface area contributed by atoms with Crippen molar-refractivity contribution in [1.82, 2.24) is 0 Å². The molecule has 3 nitrogen and oxygen atoms in total. The summed E-state index contributed by atoms with van der Waals surface area (Å²) in [5, 5.41) is 9.24. The van der Waals surface area contributed by atoms with Crippen molar-refractivity contribution in [3.05, 3.63) is 28.8 Å². The van der Waals surface area contributed by atoms with Crippen molar-refractivity contribution < 1.29 is 4.21 Å². The molecule has 1 heterocycles. The van der Waals surface area contributed by atoms with Crippen LogP contribution in [-0.4, -0.2) is 28.8 Å². The van der Waals surface area contributed by atoms with Gasteiger partial charge in [0.05, 0.1) is 10.6 Å². The standard InChI is InChI=1S/C11H11ClN2OS/c12-11-7-10(2-1-9(11)8-13)14-3-5-16(15)6-4-14/h1-2,7H,3-6H2. The van der Waals surface area contributed by atoms with E-state index >= 15 is 0 Å². The molecular formula is C11H11ClN2OS. The molecule has 0 aliphatic carbocycles. The van der Waals surface area contributed by atoms with Crippen LogP contribution in [0.15, 0.2) is 18.2 Å². The van der Waals surface area contributed by atoms with E-state index in [1.807, 2.05) is 12.1 Å². The van der Waals surface area contributed by atoms with Crippen LogP contribution < -0.4 is 4.90 Å². The molecule has 0 aromatic heterocycles. The summed E-state index contributed by atoms with van der Waals surface area (Å²) in [6.45, 7) is 1.57. The van der Waals surface area contributed by atoms with Crippen molar-refractivity contribution in [1.29, 1.82) is 5.26 Å². The predicted molar refractivity (Wildman–Crippen MR) is 66.3 cm³/mol. The van der Waals surface area contributed by atoms with Gasteiger partial charge in [0, 0.05) is 41.1 Å². The molecule has 1 fully saturated rings. The second-order valence-corrected chi connectivity index (χ2v) is 5.71. The van der Waals surface area contributed by atoms with Crippen molar-refractivity contribution in [3.8, 4) is 6.07 Å². The summed E-state index contributed by atoms with van der Waals surface area (Å²) in [4.78, 5) is 2.15. The van der Waals surface area contributed by atoms with Gasteiger partial charge in [0.15, 0.2) is 0 Å². The summed E-state index contributed by atoms with van der Waals surface area (Å²) in [5.41, 5.74) is 1.49. The number of hydrogen-bond donors (Lipinski definition) is 0. The van der Waals surface area contributed by atoms with Gasteiger partial charge in [0.25, 0.3) is 0 Å². The van der Waals surface area contributed by atoms with E-state index < -0.39 is 10.8 Å². The van der Waals surface area contributed by atoms with E-state index in [-0.39, 0.29) is 0 Å². The average Bonchev–Trinajstić information content (AvgIpc) is 2.30. The van der Waals surface area contributed by atoms with Crippen molar-refractivity contribution in [2.75, 3.05) is 29.5 Å². The summed E-state index contributed by atoms with van der Waals surface area (Å²) < 4.78 is 11.2. The number of nitriles is 1. The average molecular weight is 255 g/mol. The molecule has 1 aromatic carbocycles. The molecule has 16 heavy (non-hydrogen) atoms. The minimum atomic E-state index is -0.673. The molecule has 5 heteroatoms. The van der Waals surface area contributed by atoms with Gasteiger partial charge in [0.2, 0.25) is 0 Å². The molecule has 84 valence electrons. The Kier molecular flexibility index (Phi) is 3.47. The third-order valence-corrected chi connectivity index (χ3v) is 4.20. The summed E-state index contributed by atoms with van der Waals surface area (Å²) in [5.74, 6) is 1.41. The second-order valence-electron chi connectivity index (χ2n) is 3.61. The van der Waals surface area contributed by atoms with Gasteiger partial charge < -0.3 is 4.90 Å². The predicted octanol–water partition coefficient (Wildman–Crippen LogP) is 1.78. The van der Waals surface area contributed by atoms with Gasteiger partial charge in [-0.25, -0.2) is 0 Å². The first-order valence-corrected chi connectivity index (χ1v) is 6.87. The maximum atomic E-state index is 11.2. The summed E-state index contributed by atoms with van der Waals surface area (Å²) in [6.07, 6.45) is 0. The summed E-state index contributed by atoms with van der Waals surface area (Å²) in [7, 11) is -0.673. The van der Waals surface area contributed by atoms with Crippen molar-refractivity contribution in [3.63, 3.8) is 0 Å². The number of halogens is 1. The van der Waals surface area contributed by atoms with Crippen LogP contribution in [0.25, 0.3) is 0 Å². The molecule has 0 amide bonds. The first kappa shape index (κ1) is 11.4. The van der Waals surface area contributed by atoms with E-state index in [9.17, 15) is 4.21 Å². The van der Waals surface area contributed by atoms with E-state index in [4.69, 9.17) is 16.9 Å². The van der Waals surface area contributed by atoms with Crippen LogP contribution in [0.1, 0.15) is 5.56 Å². The normalized spacial score (nSPS) is 17.1. The van der Waals surface area contributed by atoms with Crippen molar-refractivity contribution >= 4 is 28.1 Å². The van der Waals surface area contributed by atoms with E-state index in [2.05, 4.69) is 4.90 Å². The fraction of sp³-hybridized carbons (Fsp3) is 0.364. The SMILES string of the molecule is N#Cc1ccc(N2CCS(=O)CC2)cc1Cl. The van der Waals surface area contributed by atoms with Crippen LogP contribution in [0.4, 0.5) is 5.69 Å². The van der Waals surface area contributed by atoms with Gasteiger partial charge in [-0.2, -0.15) is 5.26 Å². The van der Waals surface area contributed by atoms with Crippen LogP contribution >= 0.6 is 11.6 Å². The molecule has 0 atom stereocenters. The molecule has 0 spiro atoms. The highest BCUT2D eigenvalue weighted by Crippen LogP contribution is 2.24. The minimum Gasteiger partial charge on any atom is -0.370 e. The maximum Gasteiger partial charge on any atom is 0.101 e. The molecule has 1 aliphatic rings. The first-order valence-electron chi connectivity index (χ1n) is 5.00. The van der Waals surface area contributed by atoms with Crippen LogP contribution in [0, 0.1) is 11.3 Å². The third-order valence-electron chi connectivity index (χ3n) is 2.62. The lowest BCUT2D eigenvalue weighted by molar-refractivity contribution is 0.673. The Morgan fingerprint density at radius 3 is 2.62 bits per heavy atom. The van der Waals surface area contributed by atoms with Crippen LogP contribution in [-0.2, 0) is 10.8 Å². The molecule has 0 N–H and O–H groups in total. The Morgan fingerprint density at radius 2 is 2.06 bits per heavy atom. The van der Waals surface area contributed by atoms with Crippen LogP contribution in [0.2, 0.25) is 5.02 Å². The van der Waals surface area contributed by atoms with Gasteiger partial charge in [-0.3, -0.25) is 4.21 Å². The van der Waals surface area contributed by atoms with E-state index in [1.165, 1.54) is 0 Å². The zero-order valence-corrected chi connectivity index (χ0v) is 10.2. The number of benzene rings is 1. The minimum absolute atomic E-state index is 0.478. The van der Waals surface area contributed by atoms with Gasteiger partial charge in [-0.05, 0) is 18.2 Å². The Morgan fingerprint density at radius 1 is 1.38 bits per heavy atom. The lowest BCUT2D eigenvalue weighted by atomic mass is 10.2. The fourth-order valence-electron chi connectivity index (χ4n) is 1.69. The number of rotatable bonds is 1. The lowest BCUT2D eigenvalue weighted by Crippen LogP contribution is -2.37. The highest BCUT2D eigenvalue weighted by Gasteiger charge is 2.16. The first-order chi connectivity index (χ1) is 7.70. The largest absolute Gasteiger partial charge is 0.370 e. The van der Waals surface area contributed by atoms with Gasteiger partial charge in [0.1, 0.15) is 6.07 Å². The zero-order chi connectivity index (χ0) is 11.5. The fourth-order valence-corrected chi connectivity index (χ4v) is 2.96. The van der Waals surface area contributed by atoms with Crippen LogP contribution in [0.5, 0.6) is 0 Å². The monoisotopic (exact) mass is 254 g/mol. The molecule has 0 unspecified atom stereocenters. The number of anilines is 1. The van der Waals surface area contributed by atoms with Gasteiger partial charge in [-0.15, -0.1) is 0 Å². The Hall–Kier alpha value is -1.05. The summed E-state index contributed by atoms with van der Waals surface area (Å²) in [6, 6.07) is 7.45. The Labute approximate surface area is 102 Å². The lowest BCUT2D eigenvalue weighted by Gasteiger charge is -2.28. The number of hydrogen-bond acceptors (Lipinski definition) is 3. The molecule has 0 bridgehead atoms. The molecule has 1 aromatic rings. The Balaban J connectivity index is 2.19. The molecular weight excluding hydrogens is 244 g/mol. The highest BCUT2D eigenvalue weighted by atomic mass is 35.5. The van der Waals surface area contributed by atoms with Crippen molar-refractivity contribution in [2.24, 2.45) is 0 Å². The molecule has 0 radical (unpaired) electrons. The molecule has 0 saturated carbocycles. The third kappa shape index (κ3) is 2.37. The van der Waals surface area contributed by atoms with E-state index in [0.29, 0.717) is 22.1 Å². The summed E-state index contributed by atoms with van der Waals surface area (Å²) >= 11 is 5.97. The second kappa shape index (κ2) is 4.86. The van der Waals surface area contributed by atoms with E-state index in [1.54, 1.807) is 12.1 Å². The smallest absolute Gasteiger partial charge is 0.101 e. The van der Waals surface area contributed by atoms with Crippen molar-refractivity contribution in [2.45, 2.75) is 0 Å². The topological polar surface area (TPSA) is 44.1 Å². The number of nitrogens with zero attached hydrogens (tertiary/aromatic N) is 2. The quantitative estimate of drug-likeness (QED) is 0.767. The van der Waals surface area contributed by atoms with Gasteiger partial charge >= 0.3 is 0 Å². The Bertz CT molecular complexity index is 460. The zero-order valence-electron chi connectivity index (χ0n) is 8.65. The van der Waals surface area contributed by atoms with Crippen LogP contribution in [0.3, 0.4) is 0 Å². The molecule has 1 aliphatic heterocycles. The maximum absolute atomic E-state index is 11.2. The molecule has 2 rings (SSSR count). The van der Waals surface area contributed by atoms with E-state index in [0.717, 1.165) is 18.8 Å².